The number of ether oxygens (including phenoxy) is 1. The Kier molecular flexibility index (Phi) is 6.19. The molecule has 0 spiro atoms. The Balaban J connectivity index is 5.14. The summed E-state index contributed by atoms with van der Waals surface area (Å²) in [6, 6.07) is 0. The van der Waals surface area contributed by atoms with Gasteiger partial charge in [0.05, 0.1) is 13.0 Å². The molecular weight excluding hydrogens is 230 g/mol. The Morgan fingerprint density at radius 1 is 1.35 bits per heavy atom. The molecule has 0 fully saturated rings. The van der Waals surface area contributed by atoms with E-state index in [9.17, 15) is 14.4 Å². The third-order valence-corrected chi connectivity index (χ3v) is 2.35. The van der Waals surface area contributed by atoms with Gasteiger partial charge in [0, 0.05) is 6.61 Å². The van der Waals surface area contributed by atoms with Crippen LogP contribution in [0.15, 0.2) is 0 Å². The summed E-state index contributed by atoms with van der Waals surface area (Å²) in [5.41, 5.74) is 3.21. The summed E-state index contributed by atoms with van der Waals surface area (Å²) in [5, 5.41) is 17.4. The topological polar surface area (TPSA) is 127 Å². The molecule has 7 heteroatoms. The molecule has 0 saturated carbocycles. The standard InChI is InChI=1S/C10H17NO6/c1-2-17-9(16)10(8(11)15,4-3-5-12)6-7(13)14/h12H,2-6H2,1H3,(H2,11,15)(H,13,14)/t10-/m0/s1. The van der Waals surface area contributed by atoms with E-state index >= 15 is 0 Å². The number of carboxylic acid groups (broad SMARTS) is 1. The Hall–Kier alpha value is -1.63. The highest BCUT2D eigenvalue weighted by Crippen LogP contribution is 2.30. The van der Waals surface area contributed by atoms with Gasteiger partial charge in [-0.05, 0) is 19.8 Å². The van der Waals surface area contributed by atoms with Crippen LogP contribution in [0.2, 0.25) is 0 Å². The summed E-state index contributed by atoms with van der Waals surface area (Å²) in [7, 11) is 0. The van der Waals surface area contributed by atoms with Gasteiger partial charge in [0.25, 0.3) is 0 Å². The van der Waals surface area contributed by atoms with E-state index in [1.807, 2.05) is 0 Å². The van der Waals surface area contributed by atoms with Crippen LogP contribution < -0.4 is 5.73 Å². The second kappa shape index (κ2) is 6.85. The molecule has 0 aliphatic carbocycles. The van der Waals surface area contributed by atoms with Crippen molar-refractivity contribution in [3.8, 4) is 0 Å². The highest BCUT2D eigenvalue weighted by Gasteiger charge is 2.47. The van der Waals surface area contributed by atoms with E-state index in [1.165, 1.54) is 6.92 Å². The van der Waals surface area contributed by atoms with Crippen LogP contribution in [0.3, 0.4) is 0 Å². The van der Waals surface area contributed by atoms with E-state index in [4.69, 9.17) is 15.9 Å². The quantitative estimate of drug-likeness (QED) is 0.383. The highest BCUT2D eigenvalue weighted by molar-refractivity contribution is 6.04. The van der Waals surface area contributed by atoms with Gasteiger partial charge >= 0.3 is 11.9 Å². The van der Waals surface area contributed by atoms with Crippen molar-refractivity contribution in [1.29, 1.82) is 0 Å². The van der Waals surface area contributed by atoms with E-state index in [0.717, 1.165) is 0 Å². The zero-order chi connectivity index (χ0) is 13.5. The number of carbonyl (C=O) groups excluding carboxylic acids is 2. The average molecular weight is 247 g/mol. The molecule has 1 amide bonds. The third-order valence-electron chi connectivity index (χ3n) is 2.35. The summed E-state index contributed by atoms with van der Waals surface area (Å²) < 4.78 is 4.68. The lowest BCUT2D eigenvalue weighted by Gasteiger charge is -2.26. The molecular formula is C10H17NO6. The molecule has 0 heterocycles. The normalized spacial score (nSPS) is 13.8. The zero-order valence-corrected chi connectivity index (χ0v) is 9.64. The number of primary amides is 1. The van der Waals surface area contributed by atoms with Crippen molar-refractivity contribution in [2.45, 2.75) is 26.2 Å². The number of aliphatic hydroxyl groups is 1. The van der Waals surface area contributed by atoms with E-state index in [0.29, 0.717) is 0 Å². The van der Waals surface area contributed by atoms with Crippen LogP contribution in [-0.4, -0.2) is 41.3 Å². The molecule has 0 bridgehead atoms. The van der Waals surface area contributed by atoms with Crippen molar-refractivity contribution in [3.05, 3.63) is 0 Å². The highest BCUT2D eigenvalue weighted by atomic mass is 16.5. The van der Waals surface area contributed by atoms with E-state index in [-0.39, 0.29) is 26.1 Å². The van der Waals surface area contributed by atoms with Crippen molar-refractivity contribution in [1.82, 2.24) is 0 Å². The smallest absolute Gasteiger partial charge is 0.322 e. The molecule has 0 aromatic carbocycles. The average Bonchev–Trinajstić information content (AvgIpc) is 2.23. The van der Waals surface area contributed by atoms with E-state index < -0.39 is 29.7 Å². The summed E-state index contributed by atoms with van der Waals surface area (Å²) in [6.07, 6.45) is -0.792. The second-order valence-corrected chi connectivity index (χ2v) is 3.56. The SMILES string of the molecule is CCOC(=O)[C@@](CCCO)(CC(=O)O)C(N)=O. The third kappa shape index (κ3) is 4.03. The predicted molar refractivity (Wildman–Crippen MR) is 56.8 cm³/mol. The number of aliphatic carboxylic acids is 1. The number of aliphatic hydroxyl groups excluding tert-OH is 1. The largest absolute Gasteiger partial charge is 0.481 e. The monoisotopic (exact) mass is 247 g/mol. The number of carbonyl (C=O) groups is 3. The first-order chi connectivity index (χ1) is 7.90. The molecule has 0 rings (SSSR count). The summed E-state index contributed by atoms with van der Waals surface area (Å²) in [4.78, 5) is 33.7. The first-order valence-corrected chi connectivity index (χ1v) is 5.20. The first kappa shape index (κ1) is 15.4. The van der Waals surface area contributed by atoms with Gasteiger partial charge in [0.2, 0.25) is 5.91 Å². The van der Waals surface area contributed by atoms with Crippen LogP contribution in [-0.2, 0) is 19.1 Å². The minimum absolute atomic E-state index is 0.0204. The van der Waals surface area contributed by atoms with Crippen LogP contribution in [0.4, 0.5) is 0 Å². The molecule has 0 radical (unpaired) electrons. The number of nitrogens with two attached hydrogens (primary N) is 1. The maximum absolute atomic E-state index is 11.7. The van der Waals surface area contributed by atoms with Gasteiger partial charge in [-0.1, -0.05) is 0 Å². The molecule has 0 aromatic heterocycles. The molecule has 7 nitrogen and oxygen atoms in total. The molecule has 0 aliphatic rings. The van der Waals surface area contributed by atoms with Gasteiger partial charge in [-0.15, -0.1) is 0 Å². The maximum Gasteiger partial charge on any atom is 0.322 e. The number of hydrogen-bond donors (Lipinski definition) is 3. The minimum Gasteiger partial charge on any atom is -0.481 e. The molecule has 0 unspecified atom stereocenters. The van der Waals surface area contributed by atoms with Crippen molar-refractivity contribution in [2.24, 2.45) is 11.1 Å². The number of esters is 1. The molecule has 0 saturated heterocycles. The van der Waals surface area contributed by atoms with Crippen LogP contribution in [0.1, 0.15) is 26.2 Å². The molecule has 98 valence electrons. The fourth-order valence-corrected chi connectivity index (χ4v) is 1.48. The molecule has 4 N–H and O–H groups in total. The van der Waals surface area contributed by atoms with Crippen molar-refractivity contribution in [2.75, 3.05) is 13.2 Å². The lowest BCUT2D eigenvalue weighted by atomic mass is 9.79. The fourth-order valence-electron chi connectivity index (χ4n) is 1.48. The van der Waals surface area contributed by atoms with Gasteiger partial charge in [-0.3, -0.25) is 14.4 Å². The lowest BCUT2D eigenvalue weighted by Crippen LogP contribution is -2.46. The van der Waals surface area contributed by atoms with Crippen molar-refractivity contribution < 1.29 is 29.3 Å². The van der Waals surface area contributed by atoms with Gasteiger partial charge < -0.3 is 20.7 Å². The van der Waals surface area contributed by atoms with Crippen molar-refractivity contribution >= 4 is 17.8 Å². The molecule has 1 atom stereocenters. The van der Waals surface area contributed by atoms with Crippen LogP contribution in [0.25, 0.3) is 0 Å². The van der Waals surface area contributed by atoms with Crippen LogP contribution in [0, 0.1) is 5.41 Å². The Labute approximate surface area is 98.6 Å². The number of rotatable bonds is 8. The second-order valence-electron chi connectivity index (χ2n) is 3.56. The Morgan fingerprint density at radius 3 is 2.29 bits per heavy atom. The summed E-state index contributed by atoms with van der Waals surface area (Å²) in [6.45, 7) is 1.29. The van der Waals surface area contributed by atoms with Crippen LogP contribution >= 0.6 is 0 Å². The van der Waals surface area contributed by atoms with E-state index in [2.05, 4.69) is 4.74 Å². The predicted octanol–water partition coefficient (Wildman–Crippen LogP) is -0.732. The molecule has 0 aromatic rings. The zero-order valence-electron chi connectivity index (χ0n) is 9.64. The number of carboxylic acids is 1. The summed E-state index contributed by atoms with van der Waals surface area (Å²) >= 11 is 0. The Bertz CT molecular complexity index is 303. The van der Waals surface area contributed by atoms with Gasteiger partial charge in [0.1, 0.15) is 0 Å². The summed E-state index contributed by atoms with van der Waals surface area (Å²) in [5.74, 6) is -3.33. The number of hydrogen-bond acceptors (Lipinski definition) is 5. The lowest BCUT2D eigenvalue weighted by molar-refractivity contribution is -0.165. The fraction of sp³-hybridized carbons (Fsp3) is 0.700. The van der Waals surface area contributed by atoms with Gasteiger partial charge in [0.15, 0.2) is 5.41 Å². The maximum atomic E-state index is 11.7. The number of amides is 1. The molecule has 17 heavy (non-hydrogen) atoms. The van der Waals surface area contributed by atoms with Crippen molar-refractivity contribution in [3.63, 3.8) is 0 Å². The van der Waals surface area contributed by atoms with Crippen LogP contribution in [0.5, 0.6) is 0 Å². The van der Waals surface area contributed by atoms with Gasteiger partial charge in [-0.25, -0.2) is 0 Å². The van der Waals surface area contributed by atoms with E-state index in [1.54, 1.807) is 0 Å². The first-order valence-electron chi connectivity index (χ1n) is 5.20. The Morgan fingerprint density at radius 2 is 1.94 bits per heavy atom. The molecule has 0 aliphatic heterocycles. The minimum atomic E-state index is -1.90. The van der Waals surface area contributed by atoms with Gasteiger partial charge in [-0.2, -0.15) is 0 Å².